The molecule has 7 heteroatoms. The number of aromatic nitrogens is 4. The van der Waals surface area contributed by atoms with E-state index in [1.807, 2.05) is 55.6 Å². The molecule has 0 atom stereocenters. The van der Waals surface area contributed by atoms with Crippen LogP contribution in [0.3, 0.4) is 0 Å². The fraction of sp³-hybridized carbons (Fsp3) is 0.222. The van der Waals surface area contributed by atoms with Gasteiger partial charge in [0.1, 0.15) is 5.82 Å². The van der Waals surface area contributed by atoms with Gasteiger partial charge in [0.05, 0.1) is 5.75 Å². The first-order valence-electron chi connectivity index (χ1n) is 8.01. The van der Waals surface area contributed by atoms with Crippen LogP contribution >= 0.6 is 11.8 Å². The zero-order chi connectivity index (χ0) is 17.5. The Morgan fingerprint density at radius 2 is 1.88 bits per heavy atom. The quantitative estimate of drug-likeness (QED) is 0.630. The molecule has 0 radical (unpaired) electrons. The third-order valence-electron chi connectivity index (χ3n) is 3.55. The Morgan fingerprint density at radius 1 is 1.04 bits per heavy atom. The predicted octanol–water partition coefficient (Wildman–Crippen LogP) is 3.38. The smallest absolute Gasteiger partial charge is 0.232 e. The third-order valence-corrected chi connectivity index (χ3v) is 4.51. The molecule has 1 aromatic carbocycles. The Morgan fingerprint density at radius 3 is 2.68 bits per heavy atom. The number of nitrogens with one attached hydrogen (secondary N) is 1. The number of nitrogens with two attached hydrogens (primary N) is 1. The first kappa shape index (κ1) is 17.2. The lowest BCUT2D eigenvalue weighted by molar-refractivity contribution is 0.978. The summed E-state index contributed by atoms with van der Waals surface area (Å²) in [6, 6.07) is 13.9. The summed E-state index contributed by atoms with van der Waals surface area (Å²) < 4.78 is 0. The molecule has 3 rings (SSSR count). The summed E-state index contributed by atoms with van der Waals surface area (Å²) in [4.78, 5) is 17.2. The molecule has 0 aliphatic heterocycles. The van der Waals surface area contributed by atoms with Crippen LogP contribution in [0.5, 0.6) is 0 Å². The summed E-state index contributed by atoms with van der Waals surface area (Å²) in [5.74, 6) is 3.01. The zero-order valence-electron chi connectivity index (χ0n) is 14.0. The fourth-order valence-corrected chi connectivity index (χ4v) is 3.09. The van der Waals surface area contributed by atoms with E-state index < -0.39 is 0 Å². The minimum atomic E-state index is 0.228. The molecule has 0 saturated carbocycles. The first-order chi connectivity index (χ1) is 12.2. The second-order valence-corrected chi connectivity index (χ2v) is 6.60. The van der Waals surface area contributed by atoms with E-state index in [-0.39, 0.29) is 5.95 Å². The monoisotopic (exact) mass is 352 g/mol. The normalized spacial score (nSPS) is 10.6. The molecular formula is C18H20N6S. The van der Waals surface area contributed by atoms with E-state index in [1.165, 1.54) is 0 Å². The number of pyridine rings is 1. The van der Waals surface area contributed by atoms with E-state index in [9.17, 15) is 0 Å². The minimum Gasteiger partial charge on any atom is -0.368 e. The highest BCUT2D eigenvalue weighted by Crippen LogP contribution is 2.19. The molecule has 0 aliphatic rings. The molecule has 0 bridgehead atoms. The van der Waals surface area contributed by atoms with Gasteiger partial charge in [0.25, 0.3) is 0 Å². The lowest BCUT2D eigenvalue weighted by Crippen LogP contribution is -2.07. The van der Waals surface area contributed by atoms with Crippen molar-refractivity contribution >= 4 is 29.3 Å². The van der Waals surface area contributed by atoms with Crippen molar-refractivity contribution in [2.75, 3.05) is 16.8 Å². The van der Waals surface area contributed by atoms with E-state index in [2.05, 4.69) is 25.3 Å². The Kier molecular flexibility index (Phi) is 5.79. The van der Waals surface area contributed by atoms with Gasteiger partial charge in [0.15, 0.2) is 0 Å². The summed E-state index contributed by atoms with van der Waals surface area (Å²) in [5, 5.41) is 3.21. The third kappa shape index (κ3) is 5.15. The number of anilines is 3. The van der Waals surface area contributed by atoms with E-state index >= 15 is 0 Å². The molecule has 128 valence electrons. The number of hydrogen-bond donors (Lipinski definition) is 2. The standard InChI is InChI=1S/C18H20N6S/c1-13-6-2-3-8-15(13)21-18-23-16(22-17(19)24-18)12-25-11-9-14-7-4-5-10-20-14/h2-8,10H,9,11-12H2,1H3,(H3,19,21,22,23,24). The number of hydrogen-bond acceptors (Lipinski definition) is 7. The molecular weight excluding hydrogens is 332 g/mol. The van der Waals surface area contributed by atoms with Crippen LogP contribution in [0, 0.1) is 6.92 Å². The summed E-state index contributed by atoms with van der Waals surface area (Å²) in [6.45, 7) is 2.03. The lowest BCUT2D eigenvalue weighted by atomic mass is 10.2. The Bertz CT molecular complexity index is 825. The maximum absolute atomic E-state index is 5.82. The van der Waals surface area contributed by atoms with Crippen molar-refractivity contribution in [2.24, 2.45) is 0 Å². The van der Waals surface area contributed by atoms with Crippen LogP contribution in [0.25, 0.3) is 0 Å². The number of aryl methyl sites for hydroxylation is 2. The van der Waals surface area contributed by atoms with Crippen molar-refractivity contribution in [1.82, 2.24) is 19.9 Å². The number of nitrogen functional groups attached to an aromatic ring is 1. The van der Waals surface area contributed by atoms with Gasteiger partial charge in [-0.1, -0.05) is 24.3 Å². The van der Waals surface area contributed by atoms with E-state index in [1.54, 1.807) is 11.8 Å². The van der Waals surface area contributed by atoms with Crippen LogP contribution in [0.2, 0.25) is 0 Å². The van der Waals surface area contributed by atoms with Gasteiger partial charge in [-0.05, 0) is 42.9 Å². The molecule has 0 unspecified atom stereocenters. The van der Waals surface area contributed by atoms with Gasteiger partial charge >= 0.3 is 0 Å². The van der Waals surface area contributed by atoms with Crippen molar-refractivity contribution in [1.29, 1.82) is 0 Å². The molecule has 6 nitrogen and oxygen atoms in total. The van der Waals surface area contributed by atoms with Gasteiger partial charge in [-0.3, -0.25) is 4.98 Å². The number of nitrogens with zero attached hydrogens (tertiary/aromatic N) is 4. The molecule has 0 saturated heterocycles. The Labute approximate surface area is 151 Å². The molecule has 3 N–H and O–H groups in total. The van der Waals surface area contributed by atoms with Crippen LogP contribution in [0.4, 0.5) is 17.6 Å². The van der Waals surface area contributed by atoms with E-state index in [0.717, 1.165) is 29.1 Å². The second-order valence-electron chi connectivity index (χ2n) is 5.50. The SMILES string of the molecule is Cc1ccccc1Nc1nc(N)nc(CSCCc2ccccn2)n1. The minimum absolute atomic E-state index is 0.228. The molecule has 2 heterocycles. The molecule has 0 spiro atoms. The highest BCUT2D eigenvalue weighted by atomic mass is 32.2. The summed E-state index contributed by atoms with van der Waals surface area (Å²) in [6.07, 6.45) is 2.73. The highest BCUT2D eigenvalue weighted by Gasteiger charge is 2.06. The topological polar surface area (TPSA) is 89.6 Å². The number of thioether (sulfide) groups is 1. The summed E-state index contributed by atoms with van der Waals surface area (Å²) in [5.41, 5.74) is 8.99. The van der Waals surface area contributed by atoms with Crippen LogP contribution in [0.15, 0.2) is 48.7 Å². The van der Waals surface area contributed by atoms with Crippen molar-refractivity contribution in [3.63, 3.8) is 0 Å². The predicted molar refractivity (Wildman–Crippen MR) is 103 cm³/mol. The summed E-state index contributed by atoms with van der Waals surface area (Å²) >= 11 is 1.75. The van der Waals surface area contributed by atoms with Crippen LogP contribution in [-0.4, -0.2) is 25.7 Å². The fourth-order valence-electron chi connectivity index (χ4n) is 2.28. The zero-order valence-corrected chi connectivity index (χ0v) is 14.8. The van der Waals surface area contributed by atoms with Gasteiger partial charge in [-0.15, -0.1) is 0 Å². The second kappa shape index (κ2) is 8.43. The van der Waals surface area contributed by atoms with E-state index in [0.29, 0.717) is 17.5 Å². The average Bonchev–Trinajstić information content (AvgIpc) is 2.61. The van der Waals surface area contributed by atoms with Crippen molar-refractivity contribution in [3.8, 4) is 0 Å². The highest BCUT2D eigenvalue weighted by molar-refractivity contribution is 7.98. The molecule has 2 aromatic heterocycles. The molecule has 0 aliphatic carbocycles. The largest absolute Gasteiger partial charge is 0.368 e. The van der Waals surface area contributed by atoms with Crippen molar-refractivity contribution in [2.45, 2.75) is 19.1 Å². The number of benzene rings is 1. The number of rotatable bonds is 7. The lowest BCUT2D eigenvalue weighted by Gasteiger charge is -2.09. The van der Waals surface area contributed by atoms with E-state index in [4.69, 9.17) is 5.73 Å². The molecule has 3 aromatic rings. The van der Waals surface area contributed by atoms with Crippen LogP contribution in [-0.2, 0) is 12.2 Å². The van der Waals surface area contributed by atoms with Crippen LogP contribution < -0.4 is 11.1 Å². The van der Waals surface area contributed by atoms with Gasteiger partial charge in [-0.2, -0.15) is 26.7 Å². The van der Waals surface area contributed by atoms with Crippen molar-refractivity contribution < 1.29 is 0 Å². The van der Waals surface area contributed by atoms with Gasteiger partial charge in [0, 0.05) is 17.6 Å². The molecule has 0 fully saturated rings. The average molecular weight is 352 g/mol. The van der Waals surface area contributed by atoms with Gasteiger partial charge in [-0.25, -0.2) is 0 Å². The Balaban J connectivity index is 1.59. The maximum Gasteiger partial charge on any atom is 0.232 e. The van der Waals surface area contributed by atoms with Crippen molar-refractivity contribution in [3.05, 3.63) is 65.7 Å². The summed E-state index contributed by atoms with van der Waals surface area (Å²) in [7, 11) is 0. The van der Waals surface area contributed by atoms with Crippen LogP contribution in [0.1, 0.15) is 17.1 Å². The Hall–Kier alpha value is -2.67. The molecule has 25 heavy (non-hydrogen) atoms. The number of para-hydroxylation sites is 1. The van der Waals surface area contributed by atoms with Gasteiger partial charge < -0.3 is 11.1 Å². The molecule has 0 amide bonds. The maximum atomic E-state index is 5.82. The van der Waals surface area contributed by atoms with Gasteiger partial charge in [0.2, 0.25) is 11.9 Å². The first-order valence-corrected chi connectivity index (χ1v) is 9.17.